The first-order valence-corrected chi connectivity index (χ1v) is 7.36. The minimum atomic E-state index is -0.145. The second-order valence-electron chi connectivity index (χ2n) is 5.09. The van der Waals surface area contributed by atoms with Crippen LogP contribution in [0.25, 0.3) is 11.0 Å². The fraction of sp³-hybridized carbons (Fsp3) is 0.250. The van der Waals surface area contributed by atoms with Crippen molar-refractivity contribution in [2.75, 3.05) is 6.54 Å². The second-order valence-corrected chi connectivity index (χ2v) is 5.09. The highest BCUT2D eigenvalue weighted by Crippen LogP contribution is 2.17. The van der Waals surface area contributed by atoms with Crippen LogP contribution in [-0.2, 0) is 17.8 Å². The maximum Gasteiger partial charge on any atom is 0.266 e. The average molecular weight is 312 g/mol. The predicted octanol–water partition coefficient (Wildman–Crippen LogP) is 1.13. The summed E-state index contributed by atoms with van der Waals surface area (Å²) >= 11 is 0. The number of carbonyl (C=O) groups excluding carboxylic acids is 1. The SMILES string of the molecule is O=C(Cc1noc2ccccc12)NCCCn1ncccc1=O. The lowest BCUT2D eigenvalue weighted by molar-refractivity contribution is -0.120. The van der Waals surface area contributed by atoms with Gasteiger partial charge in [0.15, 0.2) is 5.58 Å². The van der Waals surface area contributed by atoms with Crippen LogP contribution < -0.4 is 10.9 Å². The first-order chi connectivity index (χ1) is 11.2. The molecule has 23 heavy (non-hydrogen) atoms. The molecule has 0 spiro atoms. The Kier molecular flexibility index (Phi) is 4.46. The van der Waals surface area contributed by atoms with Gasteiger partial charge < -0.3 is 9.84 Å². The van der Waals surface area contributed by atoms with Crippen molar-refractivity contribution in [1.82, 2.24) is 20.3 Å². The molecule has 2 aromatic heterocycles. The Labute approximate surface area is 131 Å². The Morgan fingerprint density at radius 3 is 2.96 bits per heavy atom. The molecule has 0 saturated heterocycles. The number of para-hydroxylation sites is 1. The minimum Gasteiger partial charge on any atom is -0.356 e. The number of amides is 1. The van der Waals surface area contributed by atoms with Crippen LogP contribution in [0.3, 0.4) is 0 Å². The third kappa shape index (κ3) is 3.63. The third-order valence-corrected chi connectivity index (χ3v) is 3.43. The van der Waals surface area contributed by atoms with Gasteiger partial charge in [-0.3, -0.25) is 9.59 Å². The van der Waals surface area contributed by atoms with Crippen LogP contribution in [0, 0.1) is 0 Å². The third-order valence-electron chi connectivity index (χ3n) is 3.43. The Morgan fingerprint density at radius 1 is 1.22 bits per heavy atom. The van der Waals surface area contributed by atoms with Crippen molar-refractivity contribution in [1.29, 1.82) is 0 Å². The number of fused-ring (bicyclic) bond motifs is 1. The first kappa shape index (κ1) is 15.0. The summed E-state index contributed by atoms with van der Waals surface area (Å²) in [5, 5.41) is 11.6. The van der Waals surface area contributed by atoms with Crippen molar-refractivity contribution in [3.8, 4) is 0 Å². The molecule has 3 rings (SSSR count). The van der Waals surface area contributed by atoms with Crippen molar-refractivity contribution in [3.05, 3.63) is 58.6 Å². The summed E-state index contributed by atoms with van der Waals surface area (Å²) in [6, 6.07) is 10.5. The zero-order valence-corrected chi connectivity index (χ0v) is 12.4. The topological polar surface area (TPSA) is 90.0 Å². The fourth-order valence-electron chi connectivity index (χ4n) is 2.29. The molecule has 0 radical (unpaired) electrons. The normalized spacial score (nSPS) is 10.8. The molecule has 2 heterocycles. The highest BCUT2D eigenvalue weighted by Gasteiger charge is 2.11. The average Bonchev–Trinajstić information content (AvgIpc) is 2.96. The zero-order chi connectivity index (χ0) is 16.1. The summed E-state index contributed by atoms with van der Waals surface area (Å²) in [7, 11) is 0. The van der Waals surface area contributed by atoms with Gasteiger partial charge in [0.2, 0.25) is 5.91 Å². The predicted molar refractivity (Wildman–Crippen MR) is 83.8 cm³/mol. The minimum absolute atomic E-state index is 0.127. The van der Waals surface area contributed by atoms with E-state index in [0.717, 1.165) is 5.39 Å². The Hall–Kier alpha value is -2.96. The summed E-state index contributed by atoms with van der Waals surface area (Å²) in [6.07, 6.45) is 2.36. The number of benzene rings is 1. The number of aromatic nitrogens is 3. The molecule has 0 bridgehead atoms. The largest absolute Gasteiger partial charge is 0.356 e. The van der Waals surface area contributed by atoms with Crippen LogP contribution in [0.5, 0.6) is 0 Å². The maximum absolute atomic E-state index is 12.0. The Morgan fingerprint density at radius 2 is 2.09 bits per heavy atom. The van der Waals surface area contributed by atoms with Crippen LogP contribution in [-0.4, -0.2) is 27.4 Å². The van der Waals surface area contributed by atoms with E-state index in [2.05, 4.69) is 15.6 Å². The van der Waals surface area contributed by atoms with Crippen molar-refractivity contribution < 1.29 is 9.32 Å². The molecule has 0 fully saturated rings. The Bertz CT molecular complexity index is 869. The molecular weight excluding hydrogens is 296 g/mol. The Balaban J connectivity index is 1.48. The maximum atomic E-state index is 12.0. The lowest BCUT2D eigenvalue weighted by atomic mass is 10.1. The highest BCUT2D eigenvalue weighted by molar-refractivity contribution is 5.86. The van der Waals surface area contributed by atoms with E-state index in [1.807, 2.05) is 24.3 Å². The molecule has 3 aromatic rings. The van der Waals surface area contributed by atoms with Gasteiger partial charge in [0.1, 0.15) is 5.69 Å². The summed E-state index contributed by atoms with van der Waals surface area (Å²) in [6.45, 7) is 0.935. The van der Waals surface area contributed by atoms with Crippen LogP contribution in [0.2, 0.25) is 0 Å². The van der Waals surface area contributed by atoms with Crippen molar-refractivity contribution in [2.24, 2.45) is 0 Å². The number of nitrogens with one attached hydrogen (secondary N) is 1. The van der Waals surface area contributed by atoms with E-state index in [4.69, 9.17) is 4.52 Å². The molecule has 0 unspecified atom stereocenters. The number of hydrogen-bond acceptors (Lipinski definition) is 5. The standard InChI is InChI=1S/C16H16N4O3/c21-15(11-13-12-5-1-2-6-14(12)23-19-13)17-8-4-10-20-16(22)7-3-9-18-20/h1-3,5-7,9H,4,8,10-11H2,(H,17,21). The van der Waals surface area contributed by atoms with E-state index in [1.54, 1.807) is 12.3 Å². The second kappa shape index (κ2) is 6.87. The van der Waals surface area contributed by atoms with Crippen LogP contribution in [0.1, 0.15) is 12.1 Å². The van der Waals surface area contributed by atoms with Gasteiger partial charge in [-0.05, 0) is 24.6 Å². The van der Waals surface area contributed by atoms with Crippen LogP contribution in [0.4, 0.5) is 0 Å². The molecule has 1 aromatic carbocycles. The molecule has 1 amide bonds. The van der Waals surface area contributed by atoms with Gasteiger partial charge in [-0.25, -0.2) is 4.68 Å². The van der Waals surface area contributed by atoms with Gasteiger partial charge in [-0.2, -0.15) is 5.10 Å². The monoisotopic (exact) mass is 312 g/mol. The van der Waals surface area contributed by atoms with E-state index in [1.165, 1.54) is 10.7 Å². The molecule has 0 aliphatic rings. The number of aryl methyl sites for hydroxylation is 1. The van der Waals surface area contributed by atoms with Gasteiger partial charge in [-0.15, -0.1) is 0 Å². The molecule has 0 aliphatic carbocycles. The van der Waals surface area contributed by atoms with Gasteiger partial charge in [-0.1, -0.05) is 17.3 Å². The van der Waals surface area contributed by atoms with E-state index in [0.29, 0.717) is 30.8 Å². The van der Waals surface area contributed by atoms with E-state index >= 15 is 0 Å². The van der Waals surface area contributed by atoms with Gasteiger partial charge in [0.25, 0.3) is 5.56 Å². The molecule has 1 N–H and O–H groups in total. The number of carbonyl (C=O) groups is 1. The molecule has 0 saturated carbocycles. The van der Waals surface area contributed by atoms with E-state index in [-0.39, 0.29) is 17.9 Å². The van der Waals surface area contributed by atoms with Crippen LogP contribution in [0.15, 0.2) is 51.9 Å². The molecule has 7 heteroatoms. The fourth-order valence-corrected chi connectivity index (χ4v) is 2.29. The van der Waals surface area contributed by atoms with Gasteiger partial charge >= 0.3 is 0 Å². The van der Waals surface area contributed by atoms with E-state index < -0.39 is 0 Å². The van der Waals surface area contributed by atoms with Gasteiger partial charge in [0.05, 0.1) is 6.42 Å². The molecule has 0 atom stereocenters. The molecule has 118 valence electrons. The van der Waals surface area contributed by atoms with Crippen molar-refractivity contribution >= 4 is 16.9 Å². The smallest absolute Gasteiger partial charge is 0.266 e. The van der Waals surface area contributed by atoms with Gasteiger partial charge in [0, 0.05) is 30.7 Å². The summed E-state index contributed by atoms with van der Waals surface area (Å²) < 4.78 is 6.54. The summed E-state index contributed by atoms with van der Waals surface area (Å²) in [4.78, 5) is 23.4. The van der Waals surface area contributed by atoms with Crippen LogP contribution >= 0.6 is 0 Å². The quantitative estimate of drug-likeness (QED) is 0.689. The molecule has 0 aliphatic heterocycles. The summed E-state index contributed by atoms with van der Waals surface area (Å²) in [5.74, 6) is -0.127. The van der Waals surface area contributed by atoms with Crippen molar-refractivity contribution in [2.45, 2.75) is 19.4 Å². The number of nitrogens with zero attached hydrogens (tertiary/aromatic N) is 3. The number of hydrogen-bond donors (Lipinski definition) is 1. The number of rotatable bonds is 6. The first-order valence-electron chi connectivity index (χ1n) is 7.36. The molecular formula is C16H16N4O3. The van der Waals surface area contributed by atoms with Crippen molar-refractivity contribution in [3.63, 3.8) is 0 Å². The highest BCUT2D eigenvalue weighted by atomic mass is 16.5. The lowest BCUT2D eigenvalue weighted by Crippen LogP contribution is -2.28. The van der Waals surface area contributed by atoms with E-state index in [9.17, 15) is 9.59 Å². The zero-order valence-electron chi connectivity index (χ0n) is 12.4. The molecule has 7 nitrogen and oxygen atoms in total. The lowest BCUT2D eigenvalue weighted by Gasteiger charge is -2.05. The summed E-state index contributed by atoms with van der Waals surface area (Å²) in [5.41, 5.74) is 1.15.